The Bertz CT molecular complexity index is 691. The van der Waals surface area contributed by atoms with Gasteiger partial charge in [0.15, 0.2) is 0 Å². The lowest BCUT2D eigenvalue weighted by Crippen LogP contribution is -2.24. The van der Waals surface area contributed by atoms with Gasteiger partial charge in [0.25, 0.3) is 0 Å². The summed E-state index contributed by atoms with van der Waals surface area (Å²) < 4.78 is 26.5. The maximum absolute atomic E-state index is 12.0. The Morgan fingerprint density at radius 2 is 2.11 bits per heavy atom. The summed E-state index contributed by atoms with van der Waals surface area (Å²) in [6.45, 7) is 1.80. The Balaban J connectivity index is 2.17. The SMILES string of the molecule is Cc1nccc(CNS(=O)(=O)c2cnccc2Cl)n1. The quantitative estimate of drug-likeness (QED) is 0.920. The van der Waals surface area contributed by atoms with Gasteiger partial charge in [-0.05, 0) is 19.1 Å². The largest absolute Gasteiger partial charge is 0.263 e. The fourth-order valence-electron chi connectivity index (χ4n) is 1.41. The topological polar surface area (TPSA) is 84.8 Å². The highest BCUT2D eigenvalue weighted by molar-refractivity contribution is 7.89. The number of sulfonamides is 1. The van der Waals surface area contributed by atoms with Crippen molar-refractivity contribution >= 4 is 21.6 Å². The first kappa shape index (κ1) is 13.9. The number of hydrogen-bond donors (Lipinski definition) is 1. The van der Waals surface area contributed by atoms with Crippen LogP contribution in [0.4, 0.5) is 0 Å². The summed E-state index contributed by atoms with van der Waals surface area (Å²) in [6, 6.07) is 3.06. The van der Waals surface area contributed by atoms with E-state index in [-0.39, 0.29) is 16.5 Å². The van der Waals surface area contributed by atoms with Crippen molar-refractivity contribution in [2.24, 2.45) is 0 Å². The molecule has 0 aliphatic rings. The molecule has 2 aromatic heterocycles. The summed E-state index contributed by atoms with van der Waals surface area (Å²) in [4.78, 5) is 11.7. The zero-order valence-corrected chi connectivity index (χ0v) is 11.6. The van der Waals surface area contributed by atoms with E-state index in [1.54, 1.807) is 19.2 Å². The highest BCUT2D eigenvalue weighted by atomic mass is 35.5. The minimum absolute atomic E-state index is 0.0533. The fraction of sp³-hybridized carbons (Fsp3) is 0.182. The molecule has 0 saturated carbocycles. The second-order valence-corrected chi connectivity index (χ2v) is 5.87. The molecule has 0 aliphatic carbocycles. The Kier molecular flexibility index (Phi) is 4.08. The molecule has 0 aromatic carbocycles. The lowest BCUT2D eigenvalue weighted by Gasteiger charge is -2.07. The summed E-state index contributed by atoms with van der Waals surface area (Å²) in [5, 5.41) is 0.126. The van der Waals surface area contributed by atoms with Crippen molar-refractivity contribution in [2.75, 3.05) is 0 Å². The molecular weight excluding hydrogens is 288 g/mol. The average molecular weight is 299 g/mol. The smallest absolute Gasteiger partial charge is 0.243 e. The lowest BCUT2D eigenvalue weighted by molar-refractivity contribution is 0.580. The first-order chi connectivity index (χ1) is 8.99. The summed E-state index contributed by atoms with van der Waals surface area (Å²) in [5.41, 5.74) is 0.580. The number of aromatic nitrogens is 3. The van der Waals surface area contributed by atoms with Crippen LogP contribution in [-0.2, 0) is 16.6 Å². The zero-order valence-electron chi connectivity index (χ0n) is 10.0. The van der Waals surface area contributed by atoms with E-state index in [0.29, 0.717) is 11.5 Å². The van der Waals surface area contributed by atoms with Crippen LogP contribution in [0.5, 0.6) is 0 Å². The first-order valence-electron chi connectivity index (χ1n) is 5.37. The van der Waals surface area contributed by atoms with E-state index in [9.17, 15) is 8.42 Å². The van der Waals surface area contributed by atoms with Crippen LogP contribution in [0.2, 0.25) is 5.02 Å². The van der Waals surface area contributed by atoms with E-state index < -0.39 is 10.0 Å². The van der Waals surface area contributed by atoms with Crippen molar-refractivity contribution in [3.63, 3.8) is 0 Å². The third kappa shape index (κ3) is 3.46. The van der Waals surface area contributed by atoms with Gasteiger partial charge < -0.3 is 0 Å². The predicted molar refractivity (Wildman–Crippen MR) is 70.0 cm³/mol. The number of nitrogens with zero attached hydrogens (tertiary/aromatic N) is 3. The van der Waals surface area contributed by atoms with Gasteiger partial charge in [0, 0.05) is 18.6 Å². The monoisotopic (exact) mass is 298 g/mol. The number of halogens is 1. The first-order valence-corrected chi connectivity index (χ1v) is 7.23. The van der Waals surface area contributed by atoms with Crippen LogP contribution in [0, 0.1) is 6.92 Å². The molecule has 2 aromatic rings. The van der Waals surface area contributed by atoms with Crippen LogP contribution in [0.1, 0.15) is 11.5 Å². The van der Waals surface area contributed by atoms with E-state index in [2.05, 4.69) is 19.7 Å². The van der Waals surface area contributed by atoms with Gasteiger partial charge in [-0.3, -0.25) is 4.98 Å². The number of pyridine rings is 1. The highest BCUT2D eigenvalue weighted by Gasteiger charge is 2.17. The minimum Gasteiger partial charge on any atom is -0.263 e. The number of aryl methyl sites for hydroxylation is 1. The standard InChI is InChI=1S/C11H11ClN4O2S/c1-8-14-5-2-9(16-8)6-15-19(17,18)11-7-13-4-3-10(11)12/h2-5,7,15H,6H2,1H3. The van der Waals surface area contributed by atoms with Gasteiger partial charge in [-0.25, -0.2) is 23.1 Å². The van der Waals surface area contributed by atoms with Gasteiger partial charge in [0.05, 0.1) is 17.3 Å². The molecule has 100 valence electrons. The molecule has 0 atom stereocenters. The molecule has 0 radical (unpaired) electrons. The molecule has 0 saturated heterocycles. The molecule has 0 aliphatic heterocycles. The van der Waals surface area contributed by atoms with Gasteiger partial charge in [-0.1, -0.05) is 11.6 Å². The molecule has 0 bridgehead atoms. The maximum Gasteiger partial charge on any atom is 0.243 e. The highest BCUT2D eigenvalue weighted by Crippen LogP contribution is 2.19. The Morgan fingerprint density at radius 3 is 2.79 bits per heavy atom. The van der Waals surface area contributed by atoms with E-state index in [1.165, 1.54) is 18.5 Å². The van der Waals surface area contributed by atoms with Crippen LogP contribution in [0.25, 0.3) is 0 Å². The predicted octanol–water partition coefficient (Wildman–Crippen LogP) is 1.31. The summed E-state index contributed by atoms with van der Waals surface area (Å²) >= 11 is 5.83. The van der Waals surface area contributed by atoms with Crippen molar-refractivity contribution in [3.8, 4) is 0 Å². The molecule has 0 unspecified atom stereocenters. The Hall–Kier alpha value is -1.57. The molecule has 6 nitrogen and oxygen atoms in total. The second-order valence-electron chi connectivity index (χ2n) is 3.73. The third-order valence-corrected chi connectivity index (χ3v) is 4.17. The maximum atomic E-state index is 12.0. The molecule has 8 heteroatoms. The third-order valence-electron chi connectivity index (χ3n) is 2.30. The van der Waals surface area contributed by atoms with Gasteiger partial charge in [0.1, 0.15) is 10.7 Å². The molecule has 0 amide bonds. The Labute approximate surface area is 115 Å². The molecule has 19 heavy (non-hydrogen) atoms. The van der Waals surface area contributed by atoms with E-state index >= 15 is 0 Å². The Morgan fingerprint density at radius 1 is 1.32 bits per heavy atom. The van der Waals surface area contributed by atoms with E-state index in [4.69, 9.17) is 11.6 Å². The average Bonchev–Trinajstić information content (AvgIpc) is 2.37. The van der Waals surface area contributed by atoms with Crippen molar-refractivity contribution in [2.45, 2.75) is 18.4 Å². The van der Waals surface area contributed by atoms with Gasteiger partial charge in [-0.2, -0.15) is 0 Å². The summed E-state index contributed by atoms with van der Waals surface area (Å²) in [7, 11) is -3.71. The lowest BCUT2D eigenvalue weighted by atomic mass is 10.4. The molecular formula is C11H11ClN4O2S. The second kappa shape index (κ2) is 5.60. The van der Waals surface area contributed by atoms with Crippen LogP contribution in [-0.4, -0.2) is 23.4 Å². The van der Waals surface area contributed by atoms with Gasteiger partial charge in [-0.15, -0.1) is 0 Å². The van der Waals surface area contributed by atoms with E-state index in [1.807, 2.05) is 0 Å². The minimum atomic E-state index is -3.71. The van der Waals surface area contributed by atoms with Crippen LogP contribution >= 0.6 is 11.6 Å². The number of nitrogens with one attached hydrogen (secondary N) is 1. The summed E-state index contributed by atoms with van der Waals surface area (Å²) in [5.74, 6) is 0.580. The molecule has 0 spiro atoms. The van der Waals surface area contributed by atoms with Crippen molar-refractivity contribution in [1.29, 1.82) is 0 Å². The van der Waals surface area contributed by atoms with Crippen LogP contribution < -0.4 is 4.72 Å². The fourth-order valence-corrected chi connectivity index (χ4v) is 2.84. The van der Waals surface area contributed by atoms with Crippen molar-refractivity contribution in [1.82, 2.24) is 19.7 Å². The summed E-state index contributed by atoms with van der Waals surface area (Å²) in [6.07, 6.45) is 4.20. The molecule has 1 N–H and O–H groups in total. The molecule has 2 rings (SSSR count). The number of hydrogen-bond acceptors (Lipinski definition) is 5. The van der Waals surface area contributed by atoms with Gasteiger partial charge >= 0.3 is 0 Å². The normalized spacial score (nSPS) is 11.5. The van der Waals surface area contributed by atoms with Crippen LogP contribution in [0.3, 0.4) is 0 Å². The zero-order chi connectivity index (χ0) is 13.9. The molecule has 2 heterocycles. The van der Waals surface area contributed by atoms with Crippen molar-refractivity contribution < 1.29 is 8.42 Å². The van der Waals surface area contributed by atoms with Gasteiger partial charge in [0.2, 0.25) is 10.0 Å². The number of rotatable bonds is 4. The van der Waals surface area contributed by atoms with E-state index in [0.717, 1.165) is 0 Å². The van der Waals surface area contributed by atoms with Crippen molar-refractivity contribution in [3.05, 3.63) is 47.3 Å². The molecule has 0 fully saturated rings. The van der Waals surface area contributed by atoms with Crippen LogP contribution in [0.15, 0.2) is 35.6 Å².